The molecule has 0 bridgehead atoms. The molecule has 0 saturated carbocycles. The van der Waals surface area contributed by atoms with Gasteiger partial charge in [-0.15, -0.1) is 0 Å². The number of carbonyl (C=O) groups is 1. The van der Waals surface area contributed by atoms with E-state index in [0.29, 0.717) is 5.56 Å². The predicted octanol–water partition coefficient (Wildman–Crippen LogP) is 1.79. The molecule has 0 unspecified atom stereocenters. The number of hydrogen-bond acceptors (Lipinski definition) is 3. The molecule has 1 aromatic carbocycles. The van der Waals surface area contributed by atoms with Crippen molar-refractivity contribution in [3.63, 3.8) is 0 Å². The molecule has 4 heteroatoms. The molecule has 1 aromatic heterocycles. The van der Waals surface area contributed by atoms with E-state index in [9.17, 15) is 4.79 Å². The lowest BCUT2D eigenvalue weighted by Gasteiger charge is -2.27. The normalized spacial score (nSPS) is 15.1. The number of pyridine rings is 1. The number of aromatic nitrogens is 1. The molecule has 3 rings (SSSR count). The number of nitrogens with zero attached hydrogens (tertiary/aromatic N) is 2. The lowest BCUT2D eigenvalue weighted by molar-refractivity contribution is 0.0735. The van der Waals surface area contributed by atoms with Crippen molar-refractivity contribution < 1.29 is 4.79 Å². The van der Waals surface area contributed by atoms with E-state index in [1.165, 1.54) is 0 Å². The van der Waals surface area contributed by atoms with E-state index in [2.05, 4.69) is 10.3 Å². The van der Waals surface area contributed by atoms with Crippen molar-refractivity contribution in [1.82, 2.24) is 15.2 Å². The summed E-state index contributed by atoms with van der Waals surface area (Å²) in [4.78, 5) is 18.5. The van der Waals surface area contributed by atoms with Crippen LogP contribution in [-0.2, 0) is 0 Å². The Labute approximate surface area is 118 Å². The highest BCUT2D eigenvalue weighted by molar-refractivity contribution is 5.95. The van der Waals surface area contributed by atoms with Crippen molar-refractivity contribution in [2.24, 2.45) is 0 Å². The number of hydrogen-bond donors (Lipinski definition) is 1. The average Bonchev–Trinajstić information content (AvgIpc) is 2.56. The molecule has 20 heavy (non-hydrogen) atoms. The quantitative estimate of drug-likeness (QED) is 0.902. The molecule has 0 spiro atoms. The number of nitrogens with one attached hydrogen (secondary N) is 1. The predicted molar refractivity (Wildman–Crippen MR) is 78.4 cm³/mol. The van der Waals surface area contributed by atoms with E-state index in [1.807, 2.05) is 41.3 Å². The summed E-state index contributed by atoms with van der Waals surface area (Å²) in [6.45, 7) is 3.23. The van der Waals surface area contributed by atoms with Crippen LogP contribution in [0.25, 0.3) is 11.1 Å². The van der Waals surface area contributed by atoms with Crippen LogP contribution in [0.1, 0.15) is 10.4 Å². The fourth-order valence-corrected chi connectivity index (χ4v) is 2.40. The lowest BCUT2D eigenvalue weighted by atomic mass is 10.1. The van der Waals surface area contributed by atoms with Crippen LogP contribution in [-0.4, -0.2) is 42.0 Å². The number of piperazine rings is 1. The van der Waals surface area contributed by atoms with Crippen molar-refractivity contribution in [3.8, 4) is 11.1 Å². The highest BCUT2D eigenvalue weighted by atomic mass is 16.2. The van der Waals surface area contributed by atoms with Gasteiger partial charge in [-0.3, -0.25) is 9.78 Å². The number of benzene rings is 1. The summed E-state index contributed by atoms with van der Waals surface area (Å²) in [5.74, 6) is 0.0665. The largest absolute Gasteiger partial charge is 0.336 e. The summed E-state index contributed by atoms with van der Waals surface area (Å²) in [6, 6.07) is 11.9. The maximum absolute atomic E-state index is 12.4. The molecular weight excluding hydrogens is 250 g/mol. The topological polar surface area (TPSA) is 45.2 Å². The molecule has 2 heterocycles. The fourth-order valence-electron chi connectivity index (χ4n) is 2.40. The molecule has 1 aliphatic rings. The SMILES string of the molecule is O=C(c1cncc(-c2ccccc2)c1)N1CCNCC1. The Balaban J connectivity index is 1.85. The van der Waals surface area contributed by atoms with E-state index < -0.39 is 0 Å². The van der Waals surface area contributed by atoms with Crippen molar-refractivity contribution in [3.05, 3.63) is 54.4 Å². The van der Waals surface area contributed by atoms with E-state index in [4.69, 9.17) is 0 Å². The first kappa shape index (κ1) is 12.8. The van der Waals surface area contributed by atoms with Gasteiger partial charge in [0.1, 0.15) is 0 Å². The second-order valence-corrected chi connectivity index (χ2v) is 4.87. The Kier molecular flexibility index (Phi) is 3.74. The maximum Gasteiger partial charge on any atom is 0.255 e. The highest BCUT2D eigenvalue weighted by Gasteiger charge is 2.18. The maximum atomic E-state index is 12.4. The second-order valence-electron chi connectivity index (χ2n) is 4.87. The van der Waals surface area contributed by atoms with Gasteiger partial charge in [0.15, 0.2) is 0 Å². The van der Waals surface area contributed by atoms with Crippen LogP contribution in [0.15, 0.2) is 48.8 Å². The van der Waals surface area contributed by atoms with E-state index in [0.717, 1.165) is 37.3 Å². The molecule has 4 nitrogen and oxygen atoms in total. The van der Waals surface area contributed by atoms with Gasteiger partial charge in [-0.05, 0) is 11.6 Å². The zero-order valence-electron chi connectivity index (χ0n) is 11.2. The fraction of sp³-hybridized carbons (Fsp3) is 0.250. The molecule has 1 aliphatic heterocycles. The first-order valence-electron chi connectivity index (χ1n) is 6.85. The van der Waals surface area contributed by atoms with Gasteiger partial charge < -0.3 is 10.2 Å². The second kappa shape index (κ2) is 5.84. The molecule has 1 saturated heterocycles. The standard InChI is InChI=1S/C16H17N3O/c20-16(19-8-6-17-7-9-19)15-10-14(11-18-12-15)13-4-2-1-3-5-13/h1-5,10-12,17H,6-9H2. The van der Waals surface area contributed by atoms with Gasteiger partial charge in [-0.2, -0.15) is 0 Å². The summed E-state index contributed by atoms with van der Waals surface area (Å²) in [7, 11) is 0. The minimum absolute atomic E-state index is 0.0665. The van der Waals surface area contributed by atoms with Gasteiger partial charge in [0.2, 0.25) is 0 Å². The Morgan fingerprint density at radius 3 is 2.55 bits per heavy atom. The molecule has 1 N–H and O–H groups in total. The van der Waals surface area contributed by atoms with Crippen LogP contribution >= 0.6 is 0 Å². The van der Waals surface area contributed by atoms with Crippen LogP contribution in [0.4, 0.5) is 0 Å². The van der Waals surface area contributed by atoms with Crippen molar-refractivity contribution in [2.75, 3.05) is 26.2 Å². The molecule has 0 aliphatic carbocycles. The number of rotatable bonds is 2. The molecule has 0 atom stereocenters. The van der Waals surface area contributed by atoms with Gasteiger partial charge in [-0.1, -0.05) is 30.3 Å². The van der Waals surface area contributed by atoms with Crippen LogP contribution in [0, 0.1) is 0 Å². The zero-order chi connectivity index (χ0) is 13.8. The first-order chi connectivity index (χ1) is 9.84. The zero-order valence-corrected chi connectivity index (χ0v) is 11.2. The van der Waals surface area contributed by atoms with E-state index >= 15 is 0 Å². The molecule has 0 radical (unpaired) electrons. The Hall–Kier alpha value is -2.20. The molecule has 1 amide bonds. The molecule has 102 valence electrons. The Morgan fingerprint density at radius 2 is 1.80 bits per heavy atom. The summed E-state index contributed by atoms with van der Waals surface area (Å²) in [5.41, 5.74) is 2.72. The highest BCUT2D eigenvalue weighted by Crippen LogP contribution is 2.19. The minimum atomic E-state index is 0.0665. The number of amides is 1. The summed E-state index contributed by atoms with van der Waals surface area (Å²) < 4.78 is 0. The lowest BCUT2D eigenvalue weighted by Crippen LogP contribution is -2.46. The monoisotopic (exact) mass is 267 g/mol. The Bertz CT molecular complexity index is 592. The van der Waals surface area contributed by atoms with Gasteiger partial charge in [0, 0.05) is 44.1 Å². The molecular formula is C16H17N3O. The third kappa shape index (κ3) is 2.70. The number of carbonyl (C=O) groups excluding carboxylic acids is 1. The van der Waals surface area contributed by atoms with Gasteiger partial charge in [0.05, 0.1) is 5.56 Å². The van der Waals surface area contributed by atoms with Gasteiger partial charge >= 0.3 is 0 Å². The average molecular weight is 267 g/mol. The van der Waals surface area contributed by atoms with Crippen LogP contribution in [0.5, 0.6) is 0 Å². The molecule has 1 fully saturated rings. The summed E-state index contributed by atoms with van der Waals surface area (Å²) in [6.07, 6.45) is 3.45. The van der Waals surface area contributed by atoms with Gasteiger partial charge in [-0.25, -0.2) is 0 Å². The first-order valence-corrected chi connectivity index (χ1v) is 6.85. The third-order valence-corrected chi connectivity index (χ3v) is 3.50. The van der Waals surface area contributed by atoms with Crippen LogP contribution in [0.3, 0.4) is 0 Å². The van der Waals surface area contributed by atoms with E-state index in [1.54, 1.807) is 12.4 Å². The summed E-state index contributed by atoms with van der Waals surface area (Å²) >= 11 is 0. The smallest absolute Gasteiger partial charge is 0.255 e. The Morgan fingerprint density at radius 1 is 1.05 bits per heavy atom. The third-order valence-electron chi connectivity index (χ3n) is 3.50. The van der Waals surface area contributed by atoms with Crippen molar-refractivity contribution in [2.45, 2.75) is 0 Å². The van der Waals surface area contributed by atoms with Crippen LogP contribution in [0.2, 0.25) is 0 Å². The van der Waals surface area contributed by atoms with Gasteiger partial charge in [0.25, 0.3) is 5.91 Å². The van der Waals surface area contributed by atoms with Crippen LogP contribution < -0.4 is 5.32 Å². The van der Waals surface area contributed by atoms with Crippen molar-refractivity contribution >= 4 is 5.91 Å². The molecule has 2 aromatic rings. The van der Waals surface area contributed by atoms with Crippen molar-refractivity contribution in [1.29, 1.82) is 0 Å². The van der Waals surface area contributed by atoms with E-state index in [-0.39, 0.29) is 5.91 Å². The summed E-state index contributed by atoms with van der Waals surface area (Å²) in [5, 5.41) is 3.25. The minimum Gasteiger partial charge on any atom is -0.336 e.